The minimum absolute atomic E-state index is 0.741. The van der Waals surface area contributed by atoms with Crippen LogP contribution in [-0.4, -0.2) is 16.3 Å². The molecule has 1 aromatic rings. The van der Waals surface area contributed by atoms with Crippen molar-refractivity contribution in [3.63, 3.8) is 0 Å². The van der Waals surface area contributed by atoms with Gasteiger partial charge in [0, 0.05) is 12.1 Å². The third-order valence-corrected chi connectivity index (χ3v) is 2.85. The third kappa shape index (κ3) is 2.81. The molecule has 1 aromatic heterocycles. The second-order valence-electron chi connectivity index (χ2n) is 3.08. The minimum Gasteiger partial charge on any atom is -0.330 e. The minimum atomic E-state index is 0.741. The van der Waals surface area contributed by atoms with Gasteiger partial charge < -0.3 is 5.73 Å². The van der Waals surface area contributed by atoms with Gasteiger partial charge >= 0.3 is 0 Å². The molecule has 74 valence electrons. The normalized spacial score (nSPS) is 10.7. The number of hydrogen-bond donors (Lipinski definition) is 1. The van der Waals surface area contributed by atoms with E-state index in [4.69, 9.17) is 5.73 Å². The van der Waals surface area contributed by atoms with Crippen LogP contribution >= 0.6 is 15.9 Å². The Labute approximate surface area is 87.4 Å². The Hall–Kier alpha value is -0.350. The fraction of sp³-hybridized carbons (Fsp3) is 0.667. The van der Waals surface area contributed by atoms with Crippen LogP contribution in [0.15, 0.2) is 10.8 Å². The molecule has 0 spiro atoms. The van der Waals surface area contributed by atoms with E-state index in [1.807, 2.05) is 10.9 Å². The Bertz CT molecular complexity index is 257. The molecule has 0 fully saturated rings. The highest BCUT2D eigenvalue weighted by atomic mass is 79.9. The third-order valence-electron chi connectivity index (χ3n) is 1.93. The van der Waals surface area contributed by atoms with Gasteiger partial charge in [-0.3, -0.25) is 4.68 Å². The summed E-state index contributed by atoms with van der Waals surface area (Å²) in [7, 11) is 0. The lowest BCUT2D eigenvalue weighted by atomic mass is 10.2. The monoisotopic (exact) mass is 245 g/mol. The summed E-state index contributed by atoms with van der Waals surface area (Å²) in [6.45, 7) is 3.86. The van der Waals surface area contributed by atoms with E-state index in [-0.39, 0.29) is 0 Å². The van der Waals surface area contributed by atoms with E-state index in [2.05, 4.69) is 28.0 Å². The van der Waals surface area contributed by atoms with Crippen molar-refractivity contribution >= 4 is 15.9 Å². The number of nitrogens with two attached hydrogens (primary N) is 1. The van der Waals surface area contributed by atoms with E-state index in [1.54, 1.807) is 0 Å². The molecule has 1 heterocycles. The molecule has 0 aliphatic rings. The molecule has 0 atom stereocenters. The summed E-state index contributed by atoms with van der Waals surface area (Å²) in [4.78, 5) is 0. The fourth-order valence-corrected chi connectivity index (χ4v) is 1.81. The van der Waals surface area contributed by atoms with Crippen LogP contribution in [0.3, 0.4) is 0 Å². The number of hydrogen-bond acceptors (Lipinski definition) is 2. The zero-order valence-electron chi connectivity index (χ0n) is 7.96. The average Bonchev–Trinajstić information content (AvgIpc) is 2.46. The summed E-state index contributed by atoms with van der Waals surface area (Å²) >= 11 is 3.54. The van der Waals surface area contributed by atoms with Crippen molar-refractivity contribution in [1.29, 1.82) is 0 Å². The number of rotatable bonds is 5. The Balaban J connectivity index is 2.62. The lowest BCUT2D eigenvalue weighted by Crippen LogP contribution is -2.01. The molecular weight excluding hydrogens is 230 g/mol. The van der Waals surface area contributed by atoms with Gasteiger partial charge in [-0.15, -0.1) is 0 Å². The fourth-order valence-electron chi connectivity index (χ4n) is 1.24. The topological polar surface area (TPSA) is 43.8 Å². The largest absolute Gasteiger partial charge is 0.330 e. The van der Waals surface area contributed by atoms with Crippen molar-refractivity contribution in [2.45, 2.75) is 32.7 Å². The van der Waals surface area contributed by atoms with Gasteiger partial charge in [0.15, 0.2) is 0 Å². The second kappa shape index (κ2) is 5.40. The van der Waals surface area contributed by atoms with Gasteiger partial charge in [-0.25, -0.2) is 0 Å². The summed E-state index contributed by atoms with van der Waals surface area (Å²) in [5, 5.41) is 4.29. The quantitative estimate of drug-likeness (QED) is 0.862. The summed E-state index contributed by atoms with van der Waals surface area (Å²) in [5.41, 5.74) is 6.71. The maximum absolute atomic E-state index is 5.45. The van der Waals surface area contributed by atoms with Crippen molar-refractivity contribution in [2.24, 2.45) is 5.73 Å². The SMILES string of the molecule is CCCn1ncc(CCCN)c1Br. The molecule has 0 aliphatic carbocycles. The second-order valence-corrected chi connectivity index (χ2v) is 3.83. The number of halogens is 1. The molecule has 3 nitrogen and oxygen atoms in total. The van der Waals surface area contributed by atoms with Crippen molar-refractivity contribution < 1.29 is 0 Å². The van der Waals surface area contributed by atoms with Crippen LogP contribution in [-0.2, 0) is 13.0 Å². The van der Waals surface area contributed by atoms with Crippen molar-refractivity contribution in [2.75, 3.05) is 6.54 Å². The van der Waals surface area contributed by atoms with Gasteiger partial charge in [0.2, 0.25) is 0 Å². The molecule has 0 saturated carbocycles. The summed E-state index contributed by atoms with van der Waals surface area (Å²) in [6.07, 6.45) is 5.07. The van der Waals surface area contributed by atoms with Gasteiger partial charge in [-0.1, -0.05) is 6.92 Å². The first-order chi connectivity index (χ1) is 6.29. The molecule has 2 N–H and O–H groups in total. The van der Waals surface area contributed by atoms with Gasteiger partial charge in [0.05, 0.1) is 6.20 Å². The summed E-state index contributed by atoms with van der Waals surface area (Å²) in [6, 6.07) is 0. The molecule has 4 heteroatoms. The highest BCUT2D eigenvalue weighted by Gasteiger charge is 2.05. The molecule has 0 aromatic carbocycles. The standard InChI is InChI=1S/C9H16BrN3/c1-2-6-13-9(10)8(7-12-13)4-3-5-11/h7H,2-6,11H2,1H3. The van der Waals surface area contributed by atoms with Crippen LogP contribution in [0, 0.1) is 0 Å². The zero-order valence-corrected chi connectivity index (χ0v) is 9.55. The van der Waals surface area contributed by atoms with Crippen LogP contribution in [0.2, 0.25) is 0 Å². The van der Waals surface area contributed by atoms with Crippen molar-refractivity contribution in [3.05, 3.63) is 16.4 Å². The van der Waals surface area contributed by atoms with Crippen LogP contribution in [0.4, 0.5) is 0 Å². The zero-order chi connectivity index (χ0) is 9.68. The number of nitrogens with zero attached hydrogens (tertiary/aromatic N) is 2. The Morgan fingerprint density at radius 1 is 1.62 bits per heavy atom. The van der Waals surface area contributed by atoms with Crippen LogP contribution in [0.25, 0.3) is 0 Å². The van der Waals surface area contributed by atoms with E-state index < -0.39 is 0 Å². The van der Waals surface area contributed by atoms with Crippen molar-refractivity contribution in [1.82, 2.24) is 9.78 Å². The molecule has 0 bridgehead atoms. The van der Waals surface area contributed by atoms with Gasteiger partial charge in [-0.05, 0) is 41.7 Å². The van der Waals surface area contributed by atoms with E-state index in [9.17, 15) is 0 Å². The first-order valence-electron chi connectivity index (χ1n) is 4.69. The predicted molar refractivity (Wildman–Crippen MR) is 57.6 cm³/mol. The predicted octanol–water partition coefficient (Wildman–Crippen LogP) is 1.95. The van der Waals surface area contributed by atoms with E-state index in [1.165, 1.54) is 5.56 Å². The number of aryl methyl sites for hydroxylation is 2. The molecule has 0 aliphatic heterocycles. The Morgan fingerprint density at radius 3 is 3.00 bits per heavy atom. The van der Waals surface area contributed by atoms with E-state index in [0.717, 1.165) is 37.0 Å². The lowest BCUT2D eigenvalue weighted by Gasteiger charge is -2.01. The summed E-state index contributed by atoms with van der Waals surface area (Å²) < 4.78 is 3.11. The number of aromatic nitrogens is 2. The first kappa shape index (κ1) is 10.7. The molecular formula is C9H16BrN3. The highest BCUT2D eigenvalue weighted by molar-refractivity contribution is 9.10. The maximum atomic E-state index is 5.45. The lowest BCUT2D eigenvalue weighted by molar-refractivity contribution is 0.590. The molecule has 13 heavy (non-hydrogen) atoms. The molecule has 0 radical (unpaired) electrons. The Morgan fingerprint density at radius 2 is 2.38 bits per heavy atom. The molecule has 0 saturated heterocycles. The van der Waals surface area contributed by atoms with Crippen LogP contribution in [0.1, 0.15) is 25.3 Å². The van der Waals surface area contributed by atoms with Gasteiger partial charge in [0.1, 0.15) is 4.60 Å². The van der Waals surface area contributed by atoms with Crippen LogP contribution < -0.4 is 5.73 Å². The maximum Gasteiger partial charge on any atom is 0.107 e. The highest BCUT2D eigenvalue weighted by Crippen LogP contribution is 2.17. The average molecular weight is 246 g/mol. The van der Waals surface area contributed by atoms with Crippen LogP contribution in [0.5, 0.6) is 0 Å². The van der Waals surface area contributed by atoms with Crippen molar-refractivity contribution in [3.8, 4) is 0 Å². The smallest absolute Gasteiger partial charge is 0.107 e. The van der Waals surface area contributed by atoms with E-state index in [0.29, 0.717) is 0 Å². The van der Waals surface area contributed by atoms with Gasteiger partial charge in [0.25, 0.3) is 0 Å². The molecule has 0 unspecified atom stereocenters. The first-order valence-corrected chi connectivity index (χ1v) is 5.49. The van der Waals surface area contributed by atoms with Gasteiger partial charge in [-0.2, -0.15) is 5.10 Å². The van der Waals surface area contributed by atoms with E-state index >= 15 is 0 Å². The molecule has 1 rings (SSSR count). The summed E-state index contributed by atoms with van der Waals surface area (Å²) in [5.74, 6) is 0. The Kier molecular flexibility index (Phi) is 4.45. The molecule has 0 amide bonds.